The van der Waals surface area contributed by atoms with Crippen molar-refractivity contribution >= 4 is 5.69 Å². The lowest BCUT2D eigenvalue weighted by molar-refractivity contribution is 0.302. The molecule has 0 atom stereocenters. The highest BCUT2D eigenvalue weighted by Crippen LogP contribution is 2.18. The maximum absolute atomic E-state index is 13.2. The predicted octanol–water partition coefficient (Wildman–Crippen LogP) is 1.91. The Labute approximate surface area is 94.7 Å². The van der Waals surface area contributed by atoms with E-state index in [-0.39, 0.29) is 6.61 Å². The lowest BCUT2D eigenvalue weighted by atomic mass is 10.2. The van der Waals surface area contributed by atoms with E-state index >= 15 is 0 Å². The van der Waals surface area contributed by atoms with Crippen LogP contribution >= 0.6 is 0 Å². The first-order valence-electron chi connectivity index (χ1n) is 5.27. The molecule has 0 radical (unpaired) electrons. The van der Waals surface area contributed by atoms with E-state index in [1.165, 1.54) is 12.1 Å². The molecule has 0 heterocycles. The van der Waals surface area contributed by atoms with Crippen molar-refractivity contribution in [3.8, 4) is 6.07 Å². The first-order chi connectivity index (χ1) is 7.71. The quantitative estimate of drug-likeness (QED) is 0.827. The van der Waals surface area contributed by atoms with Gasteiger partial charge in [0.1, 0.15) is 5.82 Å². The summed E-state index contributed by atoms with van der Waals surface area (Å²) in [7, 11) is 0. The number of hydrogen-bond acceptors (Lipinski definition) is 3. The van der Waals surface area contributed by atoms with Gasteiger partial charge in [-0.3, -0.25) is 0 Å². The van der Waals surface area contributed by atoms with Crippen LogP contribution in [0.15, 0.2) is 18.2 Å². The molecule has 1 N–H and O–H groups in total. The molecule has 0 fully saturated rings. The number of rotatable bonds is 5. The molecule has 16 heavy (non-hydrogen) atoms. The Kier molecular flexibility index (Phi) is 4.74. The Morgan fingerprint density at radius 3 is 2.69 bits per heavy atom. The van der Waals surface area contributed by atoms with Gasteiger partial charge in [0.25, 0.3) is 0 Å². The highest BCUT2D eigenvalue weighted by Gasteiger charge is 2.07. The van der Waals surface area contributed by atoms with Crippen molar-refractivity contribution in [3.05, 3.63) is 29.6 Å². The van der Waals surface area contributed by atoms with Crippen LogP contribution in [-0.4, -0.2) is 24.8 Å². The third-order valence-electron chi connectivity index (χ3n) is 2.24. The molecule has 1 aromatic carbocycles. The summed E-state index contributed by atoms with van der Waals surface area (Å²) in [6, 6.07) is 6.13. The Balaban J connectivity index is 2.99. The van der Waals surface area contributed by atoms with Crippen molar-refractivity contribution in [2.24, 2.45) is 0 Å². The lowest BCUT2D eigenvalue weighted by Crippen LogP contribution is -2.27. The van der Waals surface area contributed by atoms with Crippen LogP contribution in [0.2, 0.25) is 0 Å². The highest BCUT2D eigenvalue weighted by molar-refractivity contribution is 5.51. The molecule has 86 valence electrons. The van der Waals surface area contributed by atoms with E-state index in [4.69, 9.17) is 10.4 Å². The molecular formula is C12H15FN2O. The molecule has 1 aromatic rings. The molecule has 0 amide bonds. The number of hydrogen-bond donors (Lipinski definition) is 1. The van der Waals surface area contributed by atoms with Crippen molar-refractivity contribution in [1.82, 2.24) is 0 Å². The summed E-state index contributed by atoms with van der Waals surface area (Å²) in [5.41, 5.74) is 0.946. The van der Waals surface area contributed by atoms with Gasteiger partial charge in [0.2, 0.25) is 0 Å². The molecule has 1 rings (SSSR count). The molecule has 0 bridgehead atoms. The zero-order chi connectivity index (χ0) is 12.0. The fraction of sp³-hybridized carbons (Fsp3) is 0.417. The lowest BCUT2D eigenvalue weighted by Gasteiger charge is -2.23. The molecule has 0 aliphatic heterocycles. The van der Waals surface area contributed by atoms with Crippen molar-refractivity contribution in [3.63, 3.8) is 0 Å². The number of nitriles is 1. The van der Waals surface area contributed by atoms with Gasteiger partial charge in [-0.05, 0) is 24.6 Å². The third kappa shape index (κ3) is 3.21. The molecule has 0 saturated heterocycles. The van der Waals surface area contributed by atoms with Crippen molar-refractivity contribution in [1.29, 1.82) is 5.26 Å². The Morgan fingerprint density at radius 1 is 1.38 bits per heavy atom. The van der Waals surface area contributed by atoms with Gasteiger partial charge in [-0.15, -0.1) is 0 Å². The number of benzene rings is 1. The smallest absolute Gasteiger partial charge is 0.126 e. The van der Waals surface area contributed by atoms with Crippen molar-refractivity contribution < 1.29 is 9.50 Å². The van der Waals surface area contributed by atoms with E-state index in [0.717, 1.165) is 13.0 Å². The Hall–Kier alpha value is -1.60. The molecular weight excluding hydrogens is 207 g/mol. The van der Waals surface area contributed by atoms with E-state index in [0.29, 0.717) is 17.8 Å². The fourth-order valence-corrected chi connectivity index (χ4v) is 1.58. The number of aliphatic hydroxyl groups is 1. The SMILES string of the molecule is CCCN(CCO)c1cc(F)cc(C#N)c1. The maximum Gasteiger partial charge on any atom is 0.126 e. The van der Waals surface area contributed by atoms with Crippen molar-refractivity contribution in [2.75, 3.05) is 24.6 Å². The molecule has 0 aliphatic carbocycles. The van der Waals surface area contributed by atoms with Crippen LogP contribution in [0.25, 0.3) is 0 Å². The van der Waals surface area contributed by atoms with Gasteiger partial charge in [0, 0.05) is 18.8 Å². The van der Waals surface area contributed by atoms with E-state index < -0.39 is 5.82 Å². The predicted molar refractivity (Wildman–Crippen MR) is 60.7 cm³/mol. The minimum atomic E-state index is -0.423. The standard InChI is InChI=1S/C12H15FN2O/c1-2-3-15(4-5-16)12-7-10(9-14)6-11(13)8-12/h6-8,16H,2-5H2,1H3. The molecule has 0 unspecified atom stereocenters. The van der Waals surface area contributed by atoms with Gasteiger partial charge in [-0.1, -0.05) is 6.92 Å². The molecule has 0 aliphatic rings. The molecule has 0 saturated carbocycles. The van der Waals surface area contributed by atoms with Gasteiger partial charge >= 0.3 is 0 Å². The second-order valence-electron chi connectivity index (χ2n) is 3.52. The molecule has 3 nitrogen and oxygen atoms in total. The second kappa shape index (κ2) is 6.09. The van der Waals surface area contributed by atoms with Crippen LogP contribution in [0.3, 0.4) is 0 Å². The summed E-state index contributed by atoms with van der Waals surface area (Å²) in [4.78, 5) is 1.86. The fourth-order valence-electron chi connectivity index (χ4n) is 1.58. The van der Waals surface area contributed by atoms with Crippen LogP contribution in [0.4, 0.5) is 10.1 Å². The molecule has 4 heteroatoms. The van der Waals surface area contributed by atoms with Crippen molar-refractivity contribution in [2.45, 2.75) is 13.3 Å². The van der Waals surface area contributed by atoms with Gasteiger partial charge in [-0.25, -0.2) is 4.39 Å². The largest absolute Gasteiger partial charge is 0.395 e. The highest BCUT2D eigenvalue weighted by atomic mass is 19.1. The number of halogens is 1. The van der Waals surface area contributed by atoms with E-state index in [2.05, 4.69) is 0 Å². The summed E-state index contributed by atoms with van der Waals surface area (Å²) in [5.74, 6) is -0.423. The van der Waals surface area contributed by atoms with Gasteiger partial charge in [0.15, 0.2) is 0 Å². The first-order valence-corrected chi connectivity index (χ1v) is 5.27. The first kappa shape index (κ1) is 12.5. The zero-order valence-corrected chi connectivity index (χ0v) is 9.28. The average Bonchev–Trinajstić information content (AvgIpc) is 2.28. The summed E-state index contributed by atoms with van der Waals surface area (Å²) in [6.45, 7) is 3.20. The zero-order valence-electron chi connectivity index (χ0n) is 9.28. The Bertz CT molecular complexity index is 381. The number of anilines is 1. The number of nitrogens with zero attached hydrogens (tertiary/aromatic N) is 2. The summed E-state index contributed by atoms with van der Waals surface area (Å²) in [6.07, 6.45) is 0.901. The minimum absolute atomic E-state index is 0.0123. The monoisotopic (exact) mass is 222 g/mol. The van der Waals surface area contributed by atoms with E-state index in [9.17, 15) is 4.39 Å². The molecule has 0 aromatic heterocycles. The van der Waals surface area contributed by atoms with E-state index in [1.807, 2.05) is 17.9 Å². The third-order valence-corrected chi connectivity index (χ3v) is 2.24. The van der Waals surface area contributed by atoms with E-state index in [1.54, 1.807) is 6.07 Å². The van der Waals surface area contributed by atoms with Gasteiger partial charge in [0.05, 0.1) is 18.2 Å². The topological polar surface area (TPSA) is 47.3 Å². The summed E-state index contributed by atoms with van der Waals surface area (Å²) < 4.78 is 13.2. The van der Waals surface area contributed by atoms with Gasteiger partial charge < -0.3 is 10.0 Å². The molecule has 0 spiro atoms. The normalized spacial score (nSPS) is 9.88. The van der Waals surface area contributed by atoms with Crippen LogP contribution in [0.1, 0.15) is 18.9 Å². The average molecular weight is 222 g/mol. The number of aliphatic hydroxyl groups excluding tert-OH is 1. The second-order valence-corrected chi connectivity index (χ2v) is 3.52. The van der Waals surface area contributed by atoms with Crippen LogP contribution in [-0.2, 0) is 0 Å². The Morgan fingerprint density at radius 2 is 2.12 bits per heavy atom. The maximum atomic E-state index is 13.2. The van der Waals surface area contributed by atoms with Crippen LogP contribution in [0.5, 0.6) is 0 Å². The summed E-state index contributed by atoms with van der Waals surface area (Å²) >= 11 is 0. The van der Waals surface area contributed by atoms with Crippen LogP contribution < -0.4 is 4.90 Å². The summed E-state index contributed by atoms with van der Waals surface area (Å²) in [5, 5.41) is 17.7. The minimum Gasteiger partial charge on any atom is -0.395 e. The van der Waals surface area contributed by atoms with Crippen LogP contribution in [0, 0.1) is 17.1 Å². The van der Waals surface area contributed by atoms with Gasteiger partial charge in [-0.2, -0.15) is 5.26 Å².